The average molecular weight is 577 g/mol. The number of carbonyl (C=O) groups is 2. The molecule has 7 nitrogen and oxygen atoms in total. The number of hydrazone groups is 1. The Balaban J connectivity index is 1.65. The molecule has 0 aliphatic carbocycles. The minimum atomic E-state index is -0.842. The molecule has 0 spiro atoms. The molecule has 1 atom stereocenters. The number of nitrogens with zero attached hydrogens (tertiary/aromatic N) is 1. The summed E-state index contributed by atoms with van der Waals surface area (Å²) < 4.78 is 11.6. The first-order chi connectivity index (χ1) is 18.2. The van der Waals surface area contributed by atoms with Crippen molar-refractivity contribution in [2.75, 3.05) is 6.61 Å². The SMILES string of the molecule is CCOc1cc(C=NNC(=O)C(NC(=O)c2ccc(Cl)cc2Cl)C(C)C)ccc1OCc1ccccc1Cl. The minimum Gasteiger partial charge on any atom is -0.490 e. The van der Waals surface area contributed by atoms with E-state index in [9.17, 15) is 9.59 Å². The van der Waals surface area contributed by atoms with E-state index < -0.39 is 17.9 Å². The quantitative estimate of drug-likeness (QED) is 0.201. The van der Waals surface area contributed by atoms with Gasteiger partial charge < -0.3 is 14.8 Å². The van der Waals surface area contributed by atoms with Gasteiger partial charge in [-0.2, -0.15) is 5.10 Å². The highest BCUT2D eigenvalue weighted by Crippen LogP contribution is 2.29. The highest BCUT2D eigenvalue weighted by molar-refractivity contribution is 6.36. The molecular formula is C28H28Cl3N3O4. The summed E-state index contributed by atoms with van der Waals surface area (Å²) in [7, 11) is 0. The highest BCUT2D eigenvalue weighted by atomic mass is 35.5. The first-order valence-corrected chi connectivity index (χ1v) is 13.0. The lowest BCUT2D eigenvalue weighted by atomic mass is 10.0. The third kappa shape index (κ3) is 8.12. The standard InChI is InChI=1S/C28H28Cl3N3O4/c1-4-37-25-13-18(9-12-24(25)38-16-19-7-5-6-8-22(19)30)15-32-34-28(36)26(17(2)3)33-27(35)21-11-10-20(29)14-23(21)31/h5-15,17,26H,4,16H2,1-3H3,(H,33,35)(H,34,36). The van der Waals surface area contributed by atoms with Crippen molar-refractivity contribution in [2.45, 2.75) is 33.4 Å². The molecule has 38 heavy (non-hydrogen) atoms. The van der Waals surface area contributed by atoms with Crippen molar-refractivity contribution in [3.05, 3.63) is 92.4 Å². The van der Waals surface area contributed by atoms with Gasteiger partial charge in [0.05, 0.1) is 23.4 Å². The van der Waals surface area contributed by atoms with Crippen LogP contribution in [0.2, 0.25) is 15.1 Å². The van der Waals surface area contributed by atoms with Gasteiger partial charge in [-0.15, -0.1) is 0 Å². The van der Waals surface area contributed by atoms with E-state index in [1.165, 1.54) is 18.3 Å². The number of carbonyl (C=O) groups excluding carboxylic acids is 2. The zero-order chi connectivity index (χ0) is 27.7. The largest absolute Gasteiger partial charge is 0.490 e. The van der Waals surface area contributed by atoms with E-state index in [0.717, 1.165) is 5.56 Å². The van der Waals surface area contributed by atoms with Gasteiger partial charge in [0, 0.05) is 15.6 Å². The smallest absolute Gasteiger partial charge is 0.262 e. The minimum absolute atomic E-state index is 0.195. The number of ether oxygens (including phenoxy) is 2. The molecule has 1 unspecified atom stereocenters. The first-order valence-electron chi connectivity index (χ1n) is 11.9. The Morgan fingerprint density at radius 1 is 0.947 bits per heavy atom. The second-order valence-corrected chi connectivity index (χ2v) is 9.82. The van der Waals surface area contributed by atoms with E-state index >= 15 is 0 Å². The Morgan fingerprint density at radius 3 is 2.39 bits per heavy atom. The van der Waals surface area contributed by atoms with Gasteiger partial charge in [-0.3, -0.25) is 9.59 Å². The molecule has 0 bridgehead atoms. The maximum atomic E-state index is 12.8. The van der Waals surface area contributed by atoms with Gasteiger partial charge in [-0.05, 0) is 60.9 Å². The summed E-state index contributed by atoms with van der Waals surface area (Å²) in [6, 6.07) is 16.4. The van der Waals surface area contributed by atoms with Crippen LogP contribution in [0.15, 0.2) is 65.8 Å². The van der Waals surface area contributed by atoms with Gasteiger partial charge in [0.2, 0.25) is 0 Å². The molecule has 200 valence electrons. The van der Waals surface area contributed by atoms with Gasteiger partial charge in [0.15, 0.2) is 11.5 Å². The molecule has 0 radical (unpaired) electrons. The maximum absolute atomic E-state index is 12.8. The molecule has 0 aliphatic heterocycles. The van der Waals surface area contributed by atoms with Crippen molar-refractivity contribution in [3.8, 4) is 11.5 Å². The van der Waals surface area contributed by atoms with E-state index in [0.29, 0.717) is 33.7 Å². The number of amides is 2. The van der Waals surface area contributed by atoms with Crippen molar-refractivity contribution in [3.63, 3.8) is 0 Å². The molecule has 0 aromatic heterocycles. The third-order valence-corrected chi connectivity index (χ3v) is 6.33. The monoisotopic (exact) mass is 575 g/mol. The lowest BCUT2D eigenvalue weighted by molar-refractivity contribution is -0.123. The van der Waals surface area contributed by atoms with Crippen molar-refractivity contribution in [1.82, 2.24) is 10.7 Å². The second-order valence-electron chi connectivity index (χ2n) is 8.57. The number of hydrogen-bond donors (Lipinski definition) is 2. The van der Waals surface area contributed by atoms with E-state index in [1.54, 1.807) is 30.3 Å². The van der Waals surface area contributed by atoms with E-state index in [-0.39, 0.29) is 23.1 Å². The first kappa shape index (κ1) is 29.3. The lowest BCUT2D eigenvalue weighted by Crippen LogP contribution is -2.48. The maximum Gasteiger partial charge on any atom is 0.262 e. The van der Waals surface area contributed by atoms with Crippen LogP contribution in [-0.4, -0.2) is 30.7 Å². The molecule has 10 heteroatoms. The summed E-state index contributed by atoms with van der Waals surface area (Å²) in [6.07, 6.45) is 1.48. The topological polar surface area (TPSA) is 89.0 Å². The van der Waals surface area contributed by atoms with E-state index in [2.05, 4.69) is 15.8 Å². The summed E-state index contributed by atoms with van der Waals surface area (Å²) in [5, 5.41) is 7.99. The van der Waals surface area contributed by atoms with Crippen LogP contribution in [0.3, 0.4) is 0 Å². The van der Waals surface area contributed by atoms with Crippen LogP contribution in [-0.2, 0) is 11.4 Å². The van der Waals surface area contributed by atoms with Crippen molar-refractivity contribution in [2.24, 2.45) is 11.0 Å². The summed E-state index contributed by atoms with van der Waals surface area (Å²) >= 11 is 18.2. The van der Waals surface area contributed by atoms with Gasteiger partial charge >= 0.3 is 0 Å². The molecule has 3 aromatic rings. The fraction of sp³-hybridized carbons (Fsp3) is 0.250. The van der Waals surface area contributed by atoms with Crippen LogP contribution in [0.25, 0.3) is 0 Å². The normalized spacial score (nSPS) is 11.9. The number of rotatable bonds is 11. The Hall–Kier alpha value is -3.26. The van der Waals surface area contributed by atoms with Crippen LogP contribution in [0.5, 0.6) is 11.5 Å². The number of nitrogens with one attached hydrogen (secondary N) is 2. The average Bonchev–Trinajstić information content (AvgIpc) is 2.87. The number of halogens is 3. The Labute approximate surface area is 237 Å². The molecule has 3 rings (SSSR count). The predicted molar refractivity (Wildman–Crippen MR) is 152 cm³/mol. The van der Waals surface area contributed by atoms with Crippen molar-refractivity contribution >= 4 is 52.8 Å². The fourth-order valence-electron chi connectivity index (χ4n) is 3.43. The van der Waals surface area contributed by atoms with E-state index in [4.69, 9.17) is 44.3 Å². The Bertz CT molecular complexity index is 1310. The molecule has 0 saturated carbocycles. The van der Waals surface area contributed by atoms with Crippen LogP contribution in [0.4, 0.5) is 0 Å². The molecule has 0 heterocycles. The van der Waals surface area contributed by atoms with Crippen LogP contribution in [0.1, 0.15) is 42.3 Å². The Morgan fingerprint density at radius 2 is 1.71 bits per heavy atom. The summed E-state index contributed by atoms with van der Waals surface area (Å²) in [5.74, 6) is -0.0876. The van der Waals surface area contributed by atoms with Gasteiger partial charge in [-0.1, -0.05) is 66.8 Å². The van der Waals surface area contributed by atoms with Crippen molar-refractivity contribution in [1.29, 1.82) is 0 Å². The lowest BCUT2D eigenvalue weighted by Gasteiger charge is -2.20. The molecule has 0 fully saturated rings. The Kier molecular flexibility index (Phi) is 10.8. The van der Waals surface area contributed by atoms with E-state index in [1.807, 2.05) is 39.0 Å². The van der Waals surface area contributed by atoms with Crippen LogP contribution >= 0.6 is 34.8 Å². The molecule has 2 amide bonds. The van der Waals surface area contributed by atoms with Gasteiger partial charge in [0.25, 0.3) is 11.8 Å². The molecule has 0 aliphatic rings. The summed E-state index contributed by atoms with van der Waals surface area (Å²) in [5.41, 5.74) is 4.24. The molecular weight excluding hydrogens is 549 g/mol. The molecule has 0 saturated heterocycles. The predicted octanol–water partition coefficient (Wildman–Crippen LogP) is 6.53. The van der Waals surface area contributed by atoms with Gasteiger partial charge in [-0.25, -0.2) is 5.43 Å². The zero-order valence-electron chi connectivity index (χ0n) is 21.1. The highest BCUT2D eigenvalue weighted by Gasteiger charge is 2.25. The zero-order valence-corrected chi connectivity index (χ0v) is 23.4. The molecule has 3 aromatic carbocycles. The van der Waals surface area contributed by atoms with Crippen LogP contribution < -0.4 is 20.2 Å². The van der Waals surface area contributed by atoms with Crippen LogP contribution in [0, 0.1) is 5.92 Å². The number of benzene rings is 3. The molecule has 2 N–H and O–H groups in total. The fourth-order valence-corrected chi connectivity index (χ4v) is 4.12. The second kappa shape index (κ2) is 14.0. The van der Waals surface area contributed by atoms with Gasteiger partial charge in [0.1, 0.15) is 12.6 Å². The number of hydrogen-bond acceptors (Lipinski definition) is 5. The van der Waals surface area contributed by atoms with Crippen molar-refractivity contribution < 1.29 is 19.1 Å². The summed E-state index contributed by atoms with van der Waals surface area (Å²) in [4.78, 5) is 25.5. The summed E-state index contributed by atoms with van der Waals surface area (Å²) in [6.45, 7) is 6.22. The third-order valence-electron chi connectivity index (χ3n) is 5.41.